The Morgan fingerprint density at radius 1 is 1.36 bits per heavy atom. The van der Waals surface area contributed by atoms with Crippen LogP contribution in [0.3, 0.4) is 0 Å². The summed E-state index contributed by atoms with van der Waals surface area (Å²) in [5.74, 6) is 0.867. The Hall–Kier alpha value is -1.85. The van der Waals surface area contributed by atoms with Crippen LogP contribution in [0.2, 0.25) is 0 Å². The van der Waals surface area contributed by atoms with E-state index in [0.717, 1.165) is 28.7 Å². The number of benzene rings is 1. The Kier molecular flexibility index (Phi) is 5.57. The van der Waals surface area contributed by atoms with Gasteiger partial charge in [0.2, 0.25) is 0 Å². The predicted molar refractivity (Wildman–Crippen MR) is 94.4 cm³/mol. The first kappa shape index (κ1) is 16.5. The predicted octanol–water partition coefficient (Wildman–Crippen LogP) is 4.07. The number of nitrogens with zero attached hydrogens (tertiary/aromatic N) is 2. The van der Waals surface area contributed by atoms with Gasteiger partial charge in [0, 0.05) is 29.4 Å². The molecule has 0 atom stereocenters. The molecule has 22 heavy (non-hydrogen) atoms. The molecule has 0 bridgehead atoms. The van der Waals surface area contributed by atoms with E-state index in [2.05, 4.69) is 48.0 Å². The van der Waals surface area contributed by atoms with Gasteiger partial charge in [-0.1, -0.05) is 6.58 Å². The number of aromatic nitrogens is 1. The van der Waals surface area contributed by atoms with Crippen molar-refractivity contribution in [3.05, 3.63) is 47.5 Å². The fourth-order valence-electron chi connectivity index (χ4n) is 2.12. The molecule has 1 aromatic heterocycles. The van der Waals surface area contributed by atoms with Crippen LogP contribution in [0, 0.1) is 0 Å². The van der Waals surface area contributed by atoms with Crippen molar-refractivity contribution in [2.24, 2.45) is 0 Å². The fourth-order valence-corrected chi connectivity index (χ4v) is 2.67. The number of hydrogen-bond acceptors (Lipinski definition) is 5. The molecule has 0 aliphatic heterocycles. The third-order valence-electron chi connectivity index (χ3n) is 2.88. The zero-order chi connectivity index (χ0) is 16.1. The molecule has 2 aromatic rings. The minimum Gasteiger partial charge on any atom is -0.491 e. The van der Waals surface area contributed by atoms with Gasteiger partial charge >= 0.3 is 0 Å². The Balaban J connectivity index is 2.25. The van der Waals surface area contributed by atoms with E-state index in [-0.39, 0.29) is 6.10 Å². The molecule has 0 fully saturated rings. The average Bonchev–Trinajstić information content (AvgIpc) is 2.89. The molecule has 0 radical (unpaired) electrons. The van der Waals surface area contributed by atoms with Crippen LogP contribution in [0.4, 0.5) is 5.13 Å². The highest BCUT2D eigenvalue weighted by molar-refractivity contribution is 7.13. The lowest BCUT2D eigenvalue weighted by molar-refractivity contribution is 0.242. The maximum absolute atomic E-state index is 5.86. The first-order valence-corrected chi connectivity index (χ1v) is 8.13. The topological polar surface area (TPSA) is 37.4 Å². The van der Waals surface area contributed by atoms with E-state index >= 15 is 0 Å². The van der Waals surface area contributed by atoms with E-state index in [9.17, 15) is 0 Å². The van der Waals surface area contributed by atoms with Crippen LogP contribution in [0.5, 0.6) is 5.75 Å². The first-order chi connectivity index (χ1) is 10.4. The number of thiazole rings is 1. The fraction of sp³-hybridized carbons (Fsp3) is 0.353. The van der Waals surface area contributed by atoms with Gasteiger partial charge in [0.15, 0.2) is 5.13 Å². The summed E-state index contributed by atoms with van der Waals surface area (Å²) in [5.41, 5.74) is 3.04. The quantitative estimate of drug-likeness (QED) is 0.835. The van der Waals surface area contributed by atoms with Gasteiger partial charge in [-0.2, -0.15) is 0 Å². The Morgan fingerprint density at radius 2 is 2.14 bits per heavy atom. The van der Waals surface area contributed by atoms with Crippen LogP contribution >= 0.6 is 11.3 Å². The zero-order valence-electron chi connectivity index (χ0n) is 13.6. The Labute approximate surface area is 136 Å². The third kappa shape index (κ3) is 4.86. The van der Waals surface area contributed by atoms with Crippen molar-refractivity contribution < 1.29 is 4.74 Å². The molecule has 0 saturated carbocycles. The smallest absolute Gasteiger partial charge is 0.187 e. The van der Waals surface area contributed by atoms with Crippen LogP contribution in [-0.4, -0.2) is 30.1 Å². The molecule has 1 N–H and O–H groups in total. The number of rotatable bonds is 7. The lowest BCUT2D eigenvalue weighted by atomic mass is 10.1. The maximum atomic E-state index is 5.86. The van der Waals surface area contributed by atoms with Gasteiger partial charge in [-0.15, -0.1) is 11.3 Å². The molecule has 118 valence electrons. The Bertz CT molecular complexity index is 593. The standard InChI is InChI=1S/C17H23N3OS/c1-12(2)21-16-9-14(11-20(4)5)8-15(10-16)13(3)19-17-18-6-7-22-17/h6-10,12H,3,11H2,1-2,4-5H3,(H,18,19). The van der Waals surface area contributed by atoms with Gasteiger partial charge < -0.3 is 15.0 Å². The molecular weight excluding hydrogens is 294 g/mol. The van der Waals surface area contributed by atoms with Crippen molar-refractivity contribution in [3.8, 4) is 5.75 Å². The molecule has 0 aliphatic carbocycles. The van der Waals surface area contributed by atoms with Gasteiger partial charge in [-0.25, -0.2) is 4.98 Å². The van der Waals surface area contributed by atoms with E-state index in [0.29, 0.717) is 0 Å². The molecular formula is C17H23N3OS. The molecule has 0 amide bonds. The van der Waals surface area contributed by atoms with Crippen molar-refractivity contribution in [1.82, 2.24) is 9.88 Å². The summed E-state index contributed by atoms with van der Waals surface area (Å²) in [4.78, 5) is 6.36. The third-order valence-corrected chi connectivity index (χ3v) is 3.56. The molecule has 0 spiro atoms. The largest absolute Gasteiger partial charge is 0.491 e. The lowest BCUT2D eigenvalue weighted by Gasteiger charge is -2.17. The first-order valence-electron chi connectivity index (χ1n) is 7.25. The van der Waals surface area contributed by atoms with Crippen molar-refractivity contribution >= 4 is 22.2 Å². The average molecular weight is 317 g/mol. The summed E-state index contributed by atoms with van der Waals surface area (Å²) < 4.78 is 5.86. The van der Waals surface area contributed by atoms with Crippen LogP contribution in [-0.2, 0) is 6.54 Å². The van der Waals surface area contributed by atoms with Crippen LogP contribution in [0.25, 0.3) is 5.70 Å². The molecule has 0 unspecified atom stereocenters. The molecule has 0 aliphatic rings. The van der Waals surface area contributed by atoms with E-state index in [1.165, 1.54) is 5.56 Å². The van der Waals surface area contributed by atoms with E-state index in [4.69, 9.17) is 4.74 Å². The number of anilines is 1. The van der Waals surface area contributed by atoms with E-state index in [1.807, 2.05) is 25.3 Å². The van der Waals surface area contributed by atoms with Gasteiger partial charge in [0.1, 0.15) is 5.75 Å². The Morgan fingerprint density at radius 3 is 2.73 bits per heavy atom. The molecule has 1 heterocycles. The van der Waals surface area contributed by atoms with Gasteiger partial charge in [-0.05, 0) is 51.7 Å². The van der Waals surface area contributed by atoms with Crippen LogP contribution < -0.4 is 10.1 Å². The summed E-state index contributed by atoms with van der Waals surface area (Å²) in [5, 5.41) is 6.02. The molecule has 1 aromatic carbocycles. The number of ether oxygens (including phenoxy) is 1. The number of hydrogen-bond donors (Lipinski definition) is 1. The summed E-state index contributed by atoms with van der Waals surface area (Å²) in [6.45, 7) is 9.04. The minimum atomic E-state index is 0.141. The van der Waals surface area contributed by atoms with Gasteiger partial charge in [0.05, 0.1) is 6.10 Å². The van der Waals surface area contributed by atoms with Gasteiger partial charge in [-0.3, -0.25) is 0 Å². The van der Waals surface area contributed by atoms with E-state index in [1.54, 1.807) is 17.5 Å². The molecule has 5 heteroatoms. The second-order valence-corrected chi connectivity index (χ2v) is 6.61. The van der Waals surface area contributed by atoms with Crippen molar-refractivity contribution in [1.29, 1.82) is 0 Å². The van der Waals surface area contributed by atoms with Crippen LogP contribution in [0.15, 0.2) is 36.4 Å². The zero-order valence-corrected chi connectivity index (χ0v) is 14.4. The van der Waals surface area contributed by atoms with E-state index < -0.39 is 0 Å². The highest BCUT2D eigenvalue weighted by Crippen LogP contribution is 2.25. The normalized spacial score (nSPS) is 11.0. The summed E-state index contributed by atoms with van der Waals surface area (Å²) in [7, 11) is 4.11. The van der Waals surface area contributed by atoms with Crippen molar-refractivity contribution in [2.75, 3.05) is 19.4 Å². The summed E-state index contributed by atoms with van der Waals surface area (Å²) >= 11 is 1.55. The highest BCUT2D eigenvalue weighted by Gasteiger charge is 2.08. The number of nitrogens with one attached hydrogen (secondary N) is 1. The monoisotopic (exact) mass is 317 g/mol. The van der Waals surface area contributed by atoms with Gasteiger partial charge in [0.25, 0.3) is 0 Å². The summed E-state index contributed by atoms with van der Waals surface area (Å²) in [6, 6.07) is 6.23. The summed E-state index contributed by atoms with van der Waals surface area (Å²) in [6.07, 6.45) is 1.92. The van der Waals surface area contributed by atoms with Crippen molar-refractivity contribution in [2.45, 2.75) is 26.5 Å². The highest BCUT2D eigenvalue weighted by atomic mass is 32.1. The van der Waals surface area contributed by atoms with Crippen LogP contribution in [0.1, 0.15) is 25.0 Å². The molecule has 2 rings (SSSR count). The second-order valence-electron chi connectivity index (χ2n) is 5.71. The lowest BCUT2D eigenvalue weighted by Crippen LogP contribution is -2.12. The van der Waals surface area contributed by atoms with Crippen molar-refractivity contribution in [3.63, 3.8) is 0 Å². The maximum Gasteiger partial charge on any atom is 0.187 e. The molecule has 4 nitrogen and oxygen atoms in total. The molecule has 0 saturated heterocycles. The SMILES string of the molecule is C=C(Nc1nccs1)c1cc(CN(C)C)cc(OC(C)C)c1. The second kappa shape index (κ2) is 7.42. The minimum absolute atomic E-state index is 0.141.